The molecule has 1 heterocycles. The topological polar surface area (TPSA) is 69.2 Å². The summed E-state index contributed by atoms with van der Waals surface area (Å²) >= 11 is 0. The zero-order valence-electron chi connectivity index (χ0n) is 19.7. The quantitative estimate of drug-likeness (QED) is 0.280. The normalized spacial score (nSPS) is 19.1. The van der Waals surface area contributed by atoms with Gasteiger partial charge in [0.1, 0.15) is 5.60 Å². The minimum Gasteiger partial charge on any atom is -0.444 e. The van der Waals surface area contributed by atoms with Crippen LogP contribution in [0.2, 0.25) is 0 Å². The Labute approximate surface area is 201 Å². The van der Waals surface area contributed by atoms with Gasteiger partial charge in [0.2, 0.25) is 0 Å². The molecule has 7 nitrogen and oxygen atoms in total. The first-order chi connectivity index (χ1) is 13.7. The average molecular weight is 565 g/mol. The first kappa shape index (κ1) is 30.0. The Morgan fingerprint density at radius 3 is 2.39 bits per heavy atom. The molecule has 0 saturated carbocycles. The Balaban J connectivity index is 0.00000900. The van der Waals surface area contributed by atoms with Gasteiger partial charge in [0.15, 0.2) is 5.96 Å². The Morgan fingerprint density at radius 2 is 1.90 bits per heavy atom. The average Bonchev–Trinajstić information content (AvgIpc) is 2.99. The summed E-state index contributed by atoms with van der Waals surface area (Å²) in [6, 6.07) is -0.150. The number of ether oxygens (including phenoxy) is 1. The molecule has 31 heavy (non-hydrogen) atoms. The number of amides is 1. The molecule has 2 N–H and O–H groups in total. The number of nitrogens with one attached hydrogen (secondary N) is 2. The van der Waals surface area contributed by atoms with Gasteiger partial charge in [-0.15, -0.1) is 24.0 Å². The molecule has 1 aliphatic rings. The van der Waals surface area contributed by atoms with Crippen LogP contribution in [0.1, 0.15) is 47.5 Å². The molecule has 2 atom stereocenters. The van der Waals surface area contributed by atoms with Crippen LogP contribution in [0.4, 0.5) is 18.0 Å². The number of carbonyl (C=O) groups is 1. The predicted molar refractivity (Wildman–Crippen MR) is 128 cm³/mol. The van der Waals surface area contributed by atoms with E-state index in [9.17, 15) is 18.0 Å². The molecule has 184 valence electrons. The van der Waals surface area contributed by atoms with Crippen molar-refractivity contribution in [2.45, 2.75) is 71.3 Å². The molecule has 0 aliphatic carbocycles. The van der Waals surface area contributed by atoms with Crippen molar-refractivity contribution in [3.05, 3.63) is 0 Å². The SMILES string of the molecule is CN=C(NC1CCN(CC(F)(F)F)C1)N(C)CCC(NC(=O)OC(C)(C)C)C(C)C.I. The molecule has 0 aromatic heterocycles. The Bertz CT molecular complexity index is 582. The maximum atomic E-state index is 12.6. The van der Waals surface area contributed by atoms with Gasteiger partial charge in [0, 0.05) is 45.8 Å². The van der Waals surface area contributed by atoms with Crippen molar-refractivity contribution >= 4 is 36.0 Å². The highest BCUT2D eigenvalue weighted by Gasteiger charge is 2.34. The third kappa shape index (κ3) is 12.6. The lowest BCUT2D eigenvalue weighted by Crippen LogP contribution is -2.48. The van der Waals surface area contributed by atoms with Gasteiger partial charge >= 0.3 is 12.3 Å². The lowest BCUT2D eigenvalue weighted by molar-refractivity contribution is -0.143. The molecule has 1 amide bonds. The number of halogens is 4. The van der Waals surface area contributed by atoms with Gasteiger partial charge in [0.05, 0.1) is 6.54 Å². The van der Waals surface area contributed by atoms with E-state index in [1.165, 1.54) is 4.90 Å². The van der Waals surface area contributed by atoms with Crippen LogP contribution in [0.5, 0.6) is 0 Å². The van der Waals surface area contributed by atoms with E-state index in [2.05, 4.69) is 15.6 Å². The van der Waals surface area contributed by atoms with Crippen molar-refractivity contribution in [3.63, 3.8) is 0 Å². The molecule has 0 aromatic carbocycles. The highest BCUT2D eigenvalue weighted by molar-refractivity contribution is 14.0. The minimum absolute atomic E-state index is 0. The van der Waals surface area contributed by atoms with Crippen molar-refractivity contribution in [2.75, 3.05) is 40.3 Å². The first-order valence-corrected chi connectivity index (χ1v) is 10.4. The number of carbonyl (C=O) groups excluding carboxylic acids is 1. The lowest BCUT2D eigenvalue weighted by Gasteiger charge is -2.29. The number of likely N-dealkylation sites (tertiary alicyclic amines) is 1. The van der Waals surface area contributed by atoms with Crippen LogP contribution in [-0.4, -0.2) is 86.0 Å². The fourth-order valence-corrected chi connectivity index (χ4v) is 3.35. The van der Waals surface area contributed by atoms with Crippen LogP contribution >= 0.6 is 24.0 Å². The molecule has 11 heteroatoms. The summed E-state index contributed by atoms with van der Waals surface area (Å²) in [5, 5.41) is 6.19. The monoisotopic (exact) mass is 565 g/mol. The second-order valence-corrected chi connectivity index (χ2v) is 9.23. The van der Waals surface area contributed by atoms with Crippen molar-refractivity contribution in [3.8, 4) is 0 Å². The summed E-state index contributed by atoms with van der Waals surface area (Å²) in [7, 11) is 3.53. The Kier molecular flexibility index (Phi) is 12.5. The van der Waals surface area contributed by atoms with Crippen molar-refractivity contribution in [2.24, 2.45) is 10.9 Å². The third-order valence-corrected chi connectivity index (χ3v) is 4.86. The van der Waals surface area contributed by atoms with Gasteiger partial charge in [0.25, 0.3) is 0 Å². The fraction of sp³-hybridized carbons (Fsp3) is 0.900. The van der Waals surface area contributed by atoms with Crippen LogP contribution in [0.25, 0.3) is 0 Å². The highest BCUT2D eigenvalue weighted by atomic mass is 127. The van der Waals surface area contributed by atoms with Gasteiger partial charge in [-0.2, -0.15) is 13.2 Å². The zero-order chi connectivity index (χ0) is 23.1. The number of hydrogen-bond acceptors (Lipinski definition) is 4. The second-order valence-electron chi connectivity index (χ2n) is 9.23. The molecule has 0 bridgehead atoms. The van der Waals surface area contributed by atoms with E-state index in [1.807, 2.05) is 46.6 Å². The molecule has 0 spiro atoms. The van der Waals surface area contributed by atoms with Crippen molar-refractivity contribution in [1.29, 1.82) is 0 Å². The van der Waals surface area contributed by atoms with E-state index < -0.39 is 24.4 Å². The summed E-state index contributed by atoms with van der Waals surface area (Å²) in [5.74, 6) is 0.847. The molecule has 1 saturated heterocycles. The summed E-state index contributed by atoms with van der Waals surface area (Å²) in [5.41, 5.74) is -0.560. The van der Waals surface area contributed by atoms with E-state index in [0.29, 0.717) is 38.4 Å². The summed E-state index contributed by atoms with van der Waals surface area (Å²) in [6.45, 7) is 10.0. The van der Waals surface area contributed by atoms with Gasteiger partial charge in [-0.1, -0.05) is 13.8 Å². The van der Waals surface area contributed by atoms with Crippen LogP contribution in [0.3, 0.4) is 0 Å². The van der Waals surface area contributed by atoms with Crippen molar-refractivity contribution in [1.82, 2.24) is 20.4 Å². The molecule has 1 fully saturated rings. The zero-order valence-corrected chi connectivity index (χ0v) is 22.0. The van der Waals surface area contributed by atoms with E-state index in [1.54, 1.807) is 7.05 Å². The largest absolute Gasteiger partial charge is 0.444 e. The molecular weight excluding hydrogens is 526 g/mol. The number of alkyl carbamates (subject to hydrolysis) is 1. The number of nitrogens with zero attached hydrogens (tertiary/aromatic N) is 3. The van der Waals surface area contributed by atoms with Gasteiger partial charge in [-0.25, -0.2) is 4.79 Å². The number of alkyl halides is 3. The van der Waals surface area contributed by atoms with Crippen LogP contribution in [0, 0.1) is 5.92 Å². The van der Waals surface area contributed by atoms with Gasteiger partial charge in [-0.05, 0) is 39.5 Å². The number of rotatable bonds is 7. The molecule has 0 radical (unpaired) electrons. The number of guanidine groups is 1. The van der Waals surface area contributed by atoms with Gasteiger partial charge < -0.3 is 20.3 Å². The third-order valence-electron chi connectivity index (χ3n) is 4.86. The minimum atomic E-state index is -4.18. The second kappa shape index (κ2) is 12.9. The highest BCUT2D eigenvalue weighted by Crippen LogP contribution is 2.20. The fourth-order valence-electron chi connectivity index (χ4n) is 3.35. The van der Waals surface area contributed by atoms with E-state index in [-0.39, 0.29) is 42.0 Å². The molecule has 0 aromatic rings. The number of hydrogen-bond donors (Lipinski definition) is 2. The summed E-state index contributed by atoms with van der Waals surface area (Å²) in [4.78, 5) is 19.7. The van der Waals surface area contributed by atoms with Gasteiger partial charge in [-0.3, -0.25) is 9.89 Å². The molecule has 1 rings (SSSR count). The van der Waals surface area contributed by atoms with Crippen LogP contribution in [0.15, 0.2) is 4.99 Å². The number of aliphatic imine (C=N–C) groups is 1. The molecular formula is C20H39F3IN5O2. The van der Waals surface area contributed by atoms with Crippen LogP contribution < -0.4 is 10.6 Å². The van der Waals surface area contributed by atoms with Crippen LogP contribution in [-0.2, 0) is 4.74 Å². The summed E-state index contributed by atoms with van der Waals surface area (Å²) < 4.78 is 43.1. The van der Waals surface area contributed by atoms with Crippen molar-refractivity contribution < 1.29 is 22.7 Å². The first-order valence-electron chi connectivity index (χ1n) is 10.4. The molecule has 1 aliphatic heterocycles. The summed E-state index contributed by atoms with van der Waals surface area (Å²) in [6.07, 6.45) is -3.31. The lowest BCUT2D eigenvalue weighted by atomic mass is 10.0. The van der Waals surface area contributed by atoms with E-state index >= 15 is 0 Å². The standard InChI is InChI=1S/C20H38F3N5O2.HI/c1-14(2)16(26-18(29)30-19(3,4)5)9-10-27(7)17(24-6)25-15-8-11-28(12-15)13-20(21,22)23;/h14-16H,8-13H2,1-7H3,(H,24,25)(H,26,29);1H. The van der Waals surface area contributed by atoms with E-state index in [0.717, 1.165) is 0 Å². The smallest absolute Gasteiger partial charge is 0.407 e. The maximum Gasteiger partial charge on any atom is 0.407 e. The maximum absolute atomic E-state index is 12.6. The Morgan fingerprint density at radius 1 is 1.29 bits per heavy atom. The Hall–Kier alpha value is -0.980. The van der Waals surface area contributed by atoms with E-state index in [4.69, 9.17) is 4.74 Å². The predicted octanol–water partition coefficient (Wildman–Crippen LogP) is 3.69. The molecule has 2 unspecified atom stereocenters.